The highest BCUT2D eigenvalue weighted by Crippen LogP contribution is 2.23. The average molecular weight is 363 g/mol. The van der Waals surface area contributed by atoms with E-state index in [-0.39, 0.29) is 5.69 Å². The number of ether oxygens (including phenoxy) is 1. The summed E-state index contributed by atoms with van der Waals surface area (Å²) in [6, 6.07) is 6.09. The third-order valence-electron chi connectivity index (χ3n) is 3.50. The lowest BCUT2D eigenvalue weighted by atomic mass is 10.1. The second-order valence-electron chi connectivity index (χ2n) is 5.22. The largest absolute Gasteiger partial charge is 0.497 e. The lowest BCUT2D eigenvalue weighted by molar-refractivity contribution is -0.115. The Labute approximate surface area is 145 Å². The Morgan fingerprint density at radius 1 is 1.19 bits per heavy atom. The lowest BCUT2D eigenvalue weighted by Gasteiger charge is -2.11. The number of rotatable bonds is 5. The second kappa shape index (κ2) is 7.21. The van der Waals surface area contributed by atoms with E-state index >= 15 is 0 Å². The van der Waals surface area contributed by atoms with Gasteiger partial charge in [-0.15, -0.1) is 5.10 Å². The fourth-order valence-corrected chi connectivity index (χ4v) is 2.28. The second-order valence-corrected chi connectivity index (χ2v) is 5.22. The zero-order valence-electron chi connectivity index (χ0n) is 13.4. The number of tetrazole rings is 1. The van der Waals surface area contributed by atoms with E-state index in [1.54, 1.807) is 6.07 Å². The number of hydrogen-bond acceptors (Lipinski definition) is 5. The molecule has 0 radical (unpaired) electrons. The van der Waals surface area contributed by atoms with Gasteiger partial charge in [-0.1, -0.05) is 0 Å². The maximum absolute atomic E-state index is 13.7. The highest BCUT2D eigenvalue weighted by Gasteiger charge is 2.17. The van der Waals surface area contributed by atoms with Crippen molar-refractivity contribution in [2.45, 2.75) is 6.42 Å². The maximum atomic E-state index is 13.7. The normalized spacial score (nSPS) is 10.6. The maximum Gasteiger partial charge on any atom is 0.229 e. The molecule has 0 atom stereocenters. The number of amides is 1. The molecule has 0 bridgehead atoms. The number of anilines is 1. The smallest absolute Gasteiger partial charge is 0.229 e. The van der Waals surface area contributed by atoms with Crippen molar-refractivity contribution in [1.82, 2.24) is 20.2 Å². The third kappa shape index (κ3) is 3.63. The van der Waals surface area contributed by atoms with Gasteiger partial charge in [0.25, 0.3) is 0 Å². The van der Waals surface area contributed by atoms with Gasteiger partial charge in [-0.05, 0) is 28.6 Å². The number of aromatic nitrogens is 4. The zero-order valence-corrected chi connectivity index (χ0v) is 13.4. The van der Waals surface area contributed by atoms with Crippen LogP contribution >= 0.6 is 0 Å². The first-order valence-electron chi connectivity index (χ1n) is 7.32. The van der Waals surface area contributed by atoms with E-state index < -0.39 is 35.3 Å². The Hall–Kier alpha value is -3.43. The molecule has 26 heavy (non-hydrogen) atoms. The molecule has 1 amide bonds. The molecule has 0 saturated carbocycles. The topological polar surface area (TPSA) is 81.9 Å². The summed E-state index contributed by atoms with van der Waals surface area (Å²) in [6.45, 7) is 0. The molecular weight excluding hydrogens is 351 g/mol. The summed E-state index contributed by atoms with van der Waals surface area (Å²) in [7, 11) is 1.43. The van der Waals surface area contributed by atoms with E-state index in [9.17, 15) is 18.0 Å². The first kappa shape index (κ1) is 17.4. The molecule has 134 valence electrons. The number of methoxy groups -OCH3 is 1. The summed E-state index contributed by atoms with van der Waals surface area (Å²) in [5.41, 5.74) is 0.135. The van der Waals surface area contributed by atoms with Crippen molar-refractivity contribution in [3.63, 3.8) is 0 Å². The molecule has 3 aromatic rings. The minimum atomic E-state index is -1.39. The van der Waals surface area contributed by atoms with Crippen LogP contribution in [0.3, 0.4) is 0 Å². The molecular formula is C16H12F3N5O2. The van der Waals surface area contributed by atoms with Crippen LogP contribution in [0.25, 0.3) is 5.69 Å². The third-order valence-corrected chi connectivity index (χ3v) is 3.50. The van der Waals surface area contributed by atoms with Crippen molar-refractivity contribution < 1.29 is 22.7 Å². The van der Waals surface area contributed by atoms with Gasteiger partial charge in [0.05, 0.1) is 19.2 Å². The van der Waals surface area contributed by atoms with Crippen LogP contribution in [0.2, 0.25) is 0 Å². The molecule has 1 aromatic heterocycles. The number of carbonyl (C=O) groups excluding carboxylic acids is 1. The summed E-state index contributed by atoms with van der Waals surface area (Å²) in [4.78, 5) is 12.1. The first-order chi connectivity index (χ1) is 12.5. The van der Waals surface area contributed by atoms with Crippen LogP contribution in [0.1, 0.15) is 5.56 Å². The molecule has 1 N–H and O–H groups in total. The van der Waals surface area contributed by atoms with E-state index in [0.717, 1.165) is 6.07 Å². The fraction of sp³-hybridized carbons (Fsp3) is 0.125. The van der Waals surface area contributed by atoms with Gasteiger partial charge in [0.1, 0.15) is 17.9 Å². The minimum absolute atomic E-state index is 0.289. The molecule has 0 aliphatic rings. The van der Waals surface area contributed by atoms with Crippen LogP contribution in [0.15, 0.2) is 36.7 Å². The van der Waals surface area contributed by atoms with Gasteiger partial charge in [0, 0.05) is 23.4 Å². The monoisotopic (exact) mass is 363 g/mol. The summed E-state index contributed by atoms with van der Waals surface area (Å²) in [5.74, 6) is -3.95. The van der Waals surface area contributed by atoms with Gasteiger partial charge >= 0.3 is 0 Å². The van der Waals surface area contributed by atoms with Crippen molar-refractivity contribution in [3.8, 4) is 11.4 Å². The van der Waals surface area contributed by atoms with Crippen LogP contribution < -0.4 is 10.1 Å². The van der Waals surface area contributed by atoms with E-state index in [1.165, 1.54) is 30.3 Å². The molecule has 1 heterocycles. The van der Waals surface area contributed by atoms with Crippen molar-refractivity contribution in [2.24, 2.45) is 0 Å². The predicted molar refractivity (Wildman–Crippen MR) is 84.4 cm³/mol. The number of nitrogens with one attached hydrogen (secondary N) is 1. The molecule has 0 unspecified atom stereocenters. The molecule has 7 nitrogen and oxygen atoms in total. The Balaban J connectivity index is 1.84. The van der Waals surface area contributed by atoms with Gasteiger partial charge < -0.3 is 10.1 Å². The number of halogens is 3. The fourth-order valence-electron chi connectivity index (χ4n) is 2.28. The molecule has 0 spiro atoms. The van der Waals surface area contributed by atoms with Crippen molar-refractivity contribution >= 4 is 11.6 Å². The standard InChI is InChI=1S/C16H12F3N5O2/c1-26-11-5-9(4-10(6-11)24-8-20-22-23-24)21-15(25)7-12-13(17)2-3-14(18)16(12)19/h2-6,8H,7H2,1H3,(H,21,25). The molecule has 10 heteroatoms. The number of benzene rings is 2. The Morgan fingerprint density at radius 2 is 1.96 bits per heavy atom. The average Bonchev–Trinajstić information content (AvgIpc) is 3.16. The van der Waals surface area contributed by atoms with Crippen molar-refractivity contribution in [3.05, 3.63) is 59.7 Å². The van der Waals surface area contributed by atoms with Gasteiger partial charge in [-0.2, -0.15) is 0 Å². The summed E-state index contributed by atoms with van der Waals surface area (Å²) < 4.78 is 47.1. The van der Waals surface area contributed by atoms with Crippen LogP contribution in [0.5, 0.6) is 5.75 Å². The Bertz CT molecular complexity index is 947. The molecule has 0 fully saturated rings. The predicted octanol–water partition coefficient (Wildman–Crippen LogP) is 2.27. The van der Waals surface area contributed by atoms with E-state index in [2.05, 4.69) is 20.8 Å². The molecule has 0 aliphatic heterocycles. The Kier molecular flexibility index (Phi) is 4.83. The van der Waals surface area contributed by atoms with Gasteiger partial charge in [0.2, 0.25) is 5.91 Å². The highest BCUT2D eigenvalue weighted by atomic mass is 19.2. The van der Waals surface area contributed by atoms with E-state index in [4.69, 9.17) is 4.74 Å². The van der Waals surface area contributed by atoms with Gasteiger partial charge in [-0.3, -0.25) is 4.79 Å². The quantitative estimate of drug-likeness (QED) is 0.704. The lowest BCUT2D eigenvalue weighted by Crippen LogP contribution is -2.17. The first-order valence-corrected chi connectivity index (χ1v) is 7.32. The van der Waals surface area contributed by atoms with Crippen LogP contribution in [-0.4, -0.2) is 33.2 Å². The summed E-state index contributed by atoms with van der Waals surface area (Å²) in [5, 5.41) is 13.2. The number of nitrogens with zero attached hydrogens (tertiary/aromatic N) is 4. The zero-order chi connectivity index (χ0) is 18.7. The molecule has 0 saturated heterocycles. The minimum Gasteiger partial charge on any atom is -0.497 e. The molecule has 0 aliphatic carbocycles. The van der Waals surface area contributed by atoms with E-state index in [0.29, 0.717) is 17.5 Å². The van der Waals surface area contributed by atoms with Gasteiger partial charge in [-0.25, -0.2) is 17.9 Å². The highest BCUT2D eigenvalue weighted by molar-refractivity contribution is 5.92. The molecule has 3 rings (SSSR count). The number of carbonyl (C=O) groups is 1. The van der Waals surface area contributed by atoms with Crippen LogP contribution in [0, 0.1) is 17.5 Å². The summed E-state index contributed by atoms with van der Waals surface area (Å²) in [6.07, 6.45) is 0.671. The van der Waals surface area contributed by atoms with Crippen LogP contribution in [0.4, 0.5) is 18.9 Å². The van der Waals surface area contributed by atoms with E-state index in [1.807, 2.05) is 0 Å². The SMILES string of the molecule is COc1cc(NC(=O)Cc2c(F)ccc(F)c2F)cc(-n2cnnn2)c1. The van der Waals surface area contributed by atoms with Gasteiger partial charge in [0.15, 0.2) is 11.6 Å². The van der Waals surface area contributed by atoms with Crippen molar-refractivity contribution in [1.29, 1.82) is 0 Å². The number of hydrogen-bond donors (Lipinski definition) is 1. The Morgan fingerprint density at radius 3 is 2.65 bits per heavy atom. The van der Waals surface area contributed by atoms with Crippen molar-refractivity contribution in [2.75, 3.05) is 12.4 Å². The van der Waals surface area contributed by atoms with Crippen LogP contribution in [-0.2, 0) is 11.2 Å². The molecule has 2 aromatic carbocycles. The summed E-state index contributed by atoms with van der Waals surface area (Å²) >= 11 is 0.